The highest BCUT2D eigenvalue weighted by atomic mass is 32.1. The second-order valence-corrected chi connectivity index (χ2v) is 12.6. The predicted molar refractivity (Wildman–Crippen MR) is 163 cm³/mol. The molecule has 1 saturated heterocycles. The lowest BCUT2D eigenvalue weighted by molar-refractivity contribution is -0.132. The van der Waals surface area contributed by atoms with E-state index >= 15 is 0 Å². The van der Waals surface area contributed by atoms with Gasteiger partial charge in [-0.05, 0) is 80.5 Å². The highest BCUT2D eigenvalue weighted by molar-refractivity contribution is 7.09. The average molecular weight is 567 g/mol. The Balaban J connectivity index is 1.50. The normalized spacial score (nSPS) is 16.2. The van der Waals surface area contributed by atoms with Gasteiger partial charge in [-0.2, -0.15) is 0 Å². The fourth-order valence-electron chi connectivity index (χ4n) is 5.78. The third-order valence-corrected chi connectivity index (χ3v) is 8.85. The number of ether oxygens (including phenoxy) is 1. The number of hydrogen-bond acceptors (Lipinski definition) is 5. The third kappa shape index (κ3) is 7.52. The van der Waals surface area contributed by atoms with Gasteiger partial charge in [0.2, 0.25) is 5.91 Å². The van der Waals surface area contributed by atoms with Crippen molar-refractivity contribution in [3.8, 4) is 0 Å². The first kappa shape index (κ1) is 30.3. The summed E-state index contributed by atoms with van der Waals surface area (Å²) >= 11 is 1.74. The van der Waals surface area contributed by atoms with Gasteiger partial charge >= 0.3 is 0 Å². The summed E-state index contributed by atoms with van der Waals surface area (Å²) in [6, 6.07) is 9.77. The second-order valence-electron chi connectivity index (χ2n) is 11.5. The van der Waals surface area contributed by atoms with E-state index in [2.05, 4.69) is 55.1 Å². The number of thiophene rings is 1. The van der Waals surface area contributed by atoms with E-state index in [1.165, 1.54) is 4.88 Å². The van der Waals surface area contributed by atoms with E-state index in [0.29, 0.717) is 30.7 Å². The summed E-state index contributed by atoms with van der Waals surface area (Å²) < 4.78 is 8.08. The lowest BCUT2D eigenvalue weighted by atomic mass is 10.0. The van der Waals surface area contributed by atoms with Crippen molar-refractivity contribution in [2.45, 2.75) is 97.2 Å². The lowest BCUT2D eigenvalue weighted by Crippen LogP contribution is -2.48. The van der Waals surface area contributed by atoms with Crippen LogP contribution in [-0.4, -0.2) is 58.6 Å². The van der Waals surface area contributed by atoms with Gasteiger partial charge in [-0.3, -0.25) is 9.59 Å². The summed E-state index contributed by atoms with van der Waals surface area (Å²) in [5.74, 6) is 1.03. The molecule has 40 heavy (non-hydrogen) atoms. The van der Waals surface area contributed by atoms with Gasteiger partial charge < -0.3 is 19.5 Å². The quantitative estimate of drug-likeness (QED) is 0.238. The zero-order valence-electron chi connectivity index (χ0n) is 24.8. The average Bonchev–Trinajstić information content (AvgIpc) is 3.71. The molecule has 2 aromatic heterocycles. The molecule has 7 nitrogen and oxygen atoms in total. The highest BCUT2D eigenvalue weighted by Crippen LogP contribution is 2.28. The van der Waals surface area contributed by atoms with Crippen LogP contribution in [0.1, 0.15) is 99.7 Å². The molecule has 8 heteroatoms. The fourth-order valence-corrected chi connectivity index (χ4v) is 6.49. The summed E-state index contributed by atoms with van der Waals surface area (Å²) in [6.45, 7) is 10.1. The molecule has 0 bridgehead atoms. The Bertz CT molecular complexity index is 1240. The van der Waals surface area contributed by atoms with Gasteiger partial charge in [0, 0.05) is 43.1 Å². The molecule has 3 heterocycles. The Morgan fingerprint density at radius 3 is 2.67 bits per heavy atom. The summed E-state index contributed by atoms with van der Waals surface area (Å²) in [5, 5.41) is 5.15. The molecule has 1 unspecified atom stereocenters. The molecule has 2 amide bonds. The number of nitrogens with zero attached hydrogens (tertiary/aromatic N) is 3. The molecule has 0 saturated carbocycles. The van der Waals surface area contributed by atoms with Gasteiger partial charge in [0.1, 0.15) is 11.9 Å². The minimum absolute atomic E-state index is 0.0355. The van der Waals surface area contributed by atoms with Crippen LogP contribution in [0.15, 0.2) is 35.7 Å². The van der Waals surface area contributed by atoms with Crippen LogP contribution in [0, 0.1) is 5.92 Å². The molecule has 0 aliphatic carbocycles. The van der Waals surface area contributed by atoms with Crippen LogP contribution in [0.25, 0.3) is 11.0 Å². The Morgan fingerprint density at radius 1 is 1.23 bits per heavy atom. The number of likely N-dealkylation sites (N-methyl/N-ethyl adjacent to an activating group) is 1. The maximum absolute atomic E-state index is 13.5. The summed E-state index contributed by atoms with van der Waals surface area (Å²) in [6.07, 6.45) is 7.83. The number of nitrogens with one attached hydrogen (secondary N) is 1. The smallest absolute Gasteiger partial charge is 0.252 e. The van der Waals surface area contributed by atoms with Crippen LogP contribution in [0.4, 0.5) is 0 Å². The number of fused-ring (bicyclic) bond motifs is 1. The van der Waals surface area contributed by atoms with Crippen molar-refractivity contribution >= 4 is 34.2 Å². The molecule has 1 fully saturated rings. The van der Waals surface area contributed by atoms with E-state index in [0.717, 1.165) is 68.4 Å². The summed E-state index contributed by atoms with van der Waals surface area (Å²) in [5.41, 5.74) is 2.41. The molecule has 2 atom stereocenters. The monoisotopic (exact) mass is 566 g/mol. The standard InChI is InChI=1S/C32H46N4O3S/c1-6-24(7-2)36-29-15-14-23(20-27(29)33-30(36)21-26-13-10-18-40-26)31(37)34-28(19-22(3)4)32(38)35(5)16-8-11-25-12-9-17-39-25/h10,13-15,18,20,22,24-25,28H,6-9,11-12,16-17,19,21H2,1-5H3,(H,34,37)/t25?,28-/m0/s1. The minimum atomic E-state index is -0.563. The van der Waals surface area contributed by atoms with E-state index in [1.54, 1.807) is 16.2 Å². The molecular formula is C32H46N4O3S. The number of hydrogen-bond donors (Lipinski definition) is 1. The van der Waals surface area contributed by atoms with E-state index in [-0.39, 0.29) is 17.7 Å². The van der Waals surface area contributed by atoms with Gasteiger partial charge in [-0.15, -0.1) is 11.3 Å². The largest absolute Gasteiger partial charge is 0.378 e. The van der Waals surface area contributed by atoms with Crippen molar-refractivity contribution in [3.05, 3.63) is 52.0 Å². The van der Waals surface area contributed by atoms with Gasteiger partial charge in [0.25, 0.3) is 5.91 Å². The number of amides is 2. The number of carbonyl (C=O) groups excluding carboxylic acids is 2. The molecular weight excluding hydrogens is 520 g/mol. The Morgan fingerprint density at radius 2 is 2.02 bits per heavy atom. The number of aromatic nitrogens is 2. The van der Waals surface area contributed by atoms with Crippen molar-refractivity contribution in [3.63, 3.8) is 0 Å². The first-order valence-corrected chi connectivity index (χ1v) is 15.9. The van der Waals surface area contributed by atoms with Crippen LogP contribution in [0.5, 0.6) is 0 Å². The van der Waals surface area contributed by atoms with Crippen molar-refractivity contribution in [2.24, 2.45) is 5.92 Å². The van der Waals surface area contributed by atoms with Gasteiger partial charge in [-0.1, -0.05) is 33.8 Å². The number of rotatable bonds is 14. The number of carbonyl (C=O) groups is 2. The van der Waals surface area contributed by atoms with Crippen molar-refractivity contribution in [1.29, 1.82) is 0 Å². The van der Waals surface area contributed by atoms with E-state index < -0.39 is 6.04 Å². The Kier molecular flexibility index (Phi) is 10.8. The SMILES string of the molecule is CCC(CC)n1c(Cc2cccs2)nc2cc(C(=O)N[C@@H](CC(C)C)C(=O)N(C)CCCC3CCCO3)ccc21. The van der Waals surface area contributed by atoms with Gasteiger partial charge in [-0.25, -0.2) is 4.98 Å². The highest BCUT2D eigenvalue weighted by Gasteiger charge is 2.26. The first-order chi connectivity index (χ1) is 19.3. The Labute approximate surface area is 243 Å². The van der Waals surface area contributed by atoms with Crippen molar-refractivity contribution in [1.82, 2.24) is 19.8 Å². The molecule has 1 aliphatic heterocycles. The van der Waals surface area contributed by atoms with Crippen LogP contribution >= 0.6 is 11.3 Å². The number of imidazole rings is 1. The maximum atomic E-state index is 13.5. The predicted octanol–water partition coefficient (Wildman–Crippen LogP) is 6.61. The van der Waals surface area contributed by atoms with Crippen molar-refractivity contribution in [2.75, 3.05) is 20.2 Å². The van der Waals surface area contributed by atoms with Crippen LogP contribution in [0.3, 0.4) is 0 Å². The molecule has 0 spiro atoms. The minimum Gasteiger partial charge on any atom is -0.378 e. The zero-order chi connectivity index (χ0) is 28.6. The van der Waals surface area contributed by atoms with Crippen LogP contribution < -0.4 is 5.32 Å². The molecule has 1 aliphatic rings. The summed E-state index contributed by atoms with van der Waals surface area (Å²) in [4.78, 5) is 34.9. The van der Waals surface area contributed by atoms with E-state index in [1.807, 2.05) is 25.2 Å². The molecule has 4 rings (SSSR count). The fraction of sp³-hybridized carbons (Fsp3) is 0.594. The molecule has 1 N–H and O–H groups in total. The van der Waals surface area contributed by atoms with Gasteiger partial charge in [0.05, 0.1) is 17.1 Å². The maximum Gasteiger partial charge on any atom is 0.252 e. The third-order valence-electron chi connectivity index (χ3n) is 7.98. The lowest BCUT2D eigenvalue weighted by Gasteiger charge is -2.26. The zero-order valence-corrected chi connectivity index (χ0v) is 25.6. The first-order valence-electron chi connectivity index (χ1n) is 15.0. The molecule has 1 aromatic carbocycles. The van der Waals surface area contributed by atoms with Crippen LogP contribution in [0.2, 0.25) is 0 Å². The summed E-state index contributed by atoms with van der Waals surface area (Å²) in [7, 11) is 1.84. The number of benzene rings is 1. The topological polar surface area (TPSA) is 76.5 Å². The molecule has 0 radical (unpaired) electrons. The Hall–Kier alpha value is -2.71. The van der Waals surface area contributed by atoms with Crippen LogP contribution in [-0.2, 0) is 16.0 Å². The van der Waals surface area contributed by atoms with E-state index in [4.69, 9.17) is 9.72 Å². The molecule has 3 aromatic rings. The molecule has 218 valence electrons. The van der Waals surface area contributed by atoms with E-state index in [9.17, 15) is 9.59 Å². The van der Waals surface area contributed by atoms with Gasteiger partial charge in [0.15, 0.2) is 0 Å². The second kappa shape index (κ2) is 14.3. The van der Waals surface area contributed by atoms with Crippen molar-refractivity contribution < 1.29 is 14.3 Å².